The van der Waals surface area contributed by atoms with Gasteiger partial charge in [-0.25, -0.2) is 0 Å². The summed E-state index contributed by atoms with van der Waals surface area (Å²) < 4.78 is 4.98. The van der Waals surface area contributed by atoms with Gasteiger partial charge in [0, 0.05) is 6.42 Å². The molecule has 0 aromatic heterocycles. The SMILES string of the molecule is C=CCOC(O)(CC(O)C(C)O)C(C)O. The van der Waals surface area contributed by atoms with Gasteiger partial charge in [-0.2, -0.15) is 0 Å². The van der Waals surface area contributed by atoms with Gasteiger partial charge in [-0.1, -0.05) is 6.08 Å². The Labute approximate surface area is 89.6 Å². The number of rotatable bonds is 7. The van der Waals surface area contributed by atoms with Crippen molar-refractivity contribution in [3.05, 3.63) is 12.7 Å². The second-order valence-electron chi connectivity index (χ2n) is 3.63. The molecule has 0 saturated heterocycles. The van der Waals surface area contributed by atoms with E-state index >= 15 is 0 Å². The summed E-state index contributed by atoms with van der Waals surface area (Å²) in [5.41, 5.74) is 0. The minimum absolute atomic E-state index is 0.0495. The van der Waals surface area contributed by atoms with Crippen LogP contribution in [0, 0.1) is 0 Å². The van der Waals surface area contributed by atoms with Gasteiger partial charge in [0.05, 0.1) is 18.8 Å². The monoisotopic (exact) mass is 220 g/mol. The van der Waals surface area contributed by atoms with E-state index in [0.29, 0.717) is 0 Å². The van der Waals surface area contributed by atoms with E-state index in [9.17, 15) is 15.3 Å². The van der Waals surface area contributed by atoms with Gasteiger partial charge in [0.1, 0.15) is 6.10 Å². The highest BCUT2D eigenvalue weighted by molar-refractivity contribution is 4.81. The third-order valence-electron chi connectivity index (χ3n) is 2.16. The first-order chi connectivity index (χ1) is 6.83. The van der Waals surface area contributed by atoms with Gasteiger partial charge in [-0.05, 0) is 13.8 Å². The van der Waals surface area contributed by atoms with E-state index in [1.807, 2.05) is 0 Å². The molecule has 5 heteroatoms. The molecule has 5 nitrogen and oxygen atoms in total. The molecule has 0 saturated carbocycles. The van der Waals surface area contributed by atoms with Gasteiger partial charge >= 0.3 is 0 Å². The van der Waals surface area contributed by atoms with E-state index in [0.717, 1.165) is 0 Å². The lowest BCUT2D eigenvalue weighted by atomic mass is 10.0. The van der Waals surface area contributed by atoms with Crippen LogP contribution in [0.3, 0.4) is 0 Å². The number of ether oxygens (including phenoxy) is 1. The van der Waals surface area contributed by atoms with Crippen LogP contribution < -0.4 is 0 Å². The van der Waals surface area contributed by atoms with Crippen molar-refractivity contribution in [3.63, 3.8) is 0 Å². The summed E-state index contributed by atoms with van der Waals surface area (Å²) in [5, 5.41) is 37.6. The summed E-state index contributed by atoms with van der Waals surface area (Å²) in [6.07, 6.45) is -2.18. The third kappa shape index (κ3) is 4.72. The molecular formula is C10H20O5. The van der Waals surface area contributed by atoms with E-state index in [1.165, 1.54) is 19.9 Å². The van der Waals surface area contributed by atoms with Crippen molar-refractivity contribution in [1.82, 2.24) is 0 Å². The highest BCUT2D eigenvalue weighted by Gasteiger charge is 2.37. The number of aliphatic hydroxyl groups is 4. The molecule has 0 aliphatic carbocycles. The summed E-state index contributed by atoms with van der Waals surface area (Å²) in [7, 11) is 0. The third-order valence-corrected chi connectivity index (χ3v) is 2.16. The Morgan fingerprint density at radius 2 is 1.87 bits per heavy atom. The number of hydrogen-bond acceptors (Lipinski definition) is 5. The lowest BCUT2D eigenvalue weighted by Gasteiger charge is -2.33. The maximum absolute atomic E-state index is 9.85. The molecule has 0 heterocycles. The molecule has 4 unspecified atom stereocenters. The maximum Gasteiger partial charge on any atom is 0.194 e. The van der Waals surface area contributed by atoms with Crippen molar-refractivity contribution in [2.24, 2.45) is 0 Å². The first kappa shape index (κ1) is 14.5. The highest BCUT2D eigenvalue weighted by atomic mass is 16.6. The van der Waals surface area contributed by atoms with Crippen LogP contribution in [-0.2, 0) is 4.74 Å². The fraction of sp³-hybridized carbons (Fsp3) is 0.800. The molecule has 0 aliphatic rings. The Bertz CT molecular complexity index is 192. The zero-order valence-corrected chi connectivity index (χ0v) is 9.13. The molecule has 0 aromatic carbocycles. The minimum atomic E-state index is -1.87. The lowest BCUT2D eigenvalue weighted by molar-refractivity contribution is -0.263. The summed E-state index contributed by atoms with van der Waals surface area (Å²) in [6, 6.07) is 0. The van der Waals surface area contributed by atoms with Crippen molar-refractivity contribution in [2.45, 2.75) is 44.4 Å². The van der Waals surface area contributed by atoms with Crippen LogP contribution in [0.1, 0.15) is 20.3 Å². The Balaban J connectivity index is 4.43. The predicted molar refractivity (Wildman–Crippen MR) is 55.1 cm³/mol. The lowest BCUT2D eigenvalue weighted by Crippen LogP contribution is -2.47. The Kier molecular flexibility index (Phi) is 6.00. The molecule has 0 fully saturated rings. The quantitative estimate of drug-likeness (QED) is 0.339. The van der Waals surface area contributed by atoms with Crippen molar-refractivity contribution >= 4 is 0 Å². The normalized spacial score (nSPS) is 21.5. The second kappa shape index (κ2) is 6.19. The van der Waals surface area contributed by atoms with Crippen LogP contribution in [0.15, 0.2) is 12.7 Å². The van der Waals surface area contributed by atoms with Crippen LogP contribution in [0.5, 0.6) is 0 Å². The summed E-state index contributed by atoms with van der Waals surface area (Å²) in [4.78, 5) is 0. The first-order valence-electron chi connectivity index (χ1n) is 4.85. The average Bonchev–Trinajstić information content (AvgIpc) is 2.14. The largest absolute Gasteiger partial charge is 0.391 e. The predicted octanol–water partition coefficient (Wildman–Crippen LogP) is -0.610. The molecule has 0 aromatic rings. The molecule has 0 rings (SSSR count). The van der Waals surface area contributed by atoms with Crippen molar-refractivity contribution in [2.75, 3.05) is 6.61 Å². The van der Waals surface area contributed by atoms with Gasteiger partial charge < -0.3 is 25.2 Å². The first-order valence-corrected chi connectivity index (χ1v) is 4.85. The van der Waals surface area contributed by atoms with E-state index < -0.39 is 24.1 Å². The van der Waals surface area contributed by atoms with Gasteiger partial charge in [0.2, 0.25) is 0 Å². The summed E-state index contributed by atoms with van der Waals surface area (Å²) in [5.74, 6) is -1.87. The fourth-order valence-corrected chi connectivity index (χ4v) is 1.02. The van der Waals surface area contributed by atoms with Crippen LogP contribution in [0.2, 0.25) is 0 Å². The molecule has 15 heavy (non-hydrogen) atoms. The topological polar surface area (TPSA) is 90.2 Å². The molecule has 90 valence electrons. The van der Waals surface area contributed by atoms with Crippen LogP contribution in [0.4, 0.5) is 0 Å². The van der Waals surface area contributed by atoms with Crippen LogP contribution in [-0.4, -0.2) is 51.1 Å². The Morgan fingerprint density at radius 1 is 1.33 bits per heavy atom. The Hall–Kier alpha value is -0.460. The van der Waals surface area contributed by atoms with Gasteiger partial charge in [0.15, 0.2) is 5.79 Å². The fourth-order valence-electron chi connectivity index (χ4n) is 1.02. The van der Waals surface area contributed by atoms with Crippen LogP contribution in [0.25, 0.3) is 0 Å². The molecule has 0 radical (unpaired) electrons. The van der Waals surface area contributed by atoms with Crippen LogP contribution >= 0.6 is 0 Å². The molecule has 0 aliphatic heterocycles. The molecule has 0 bridgehead atoms. The van der Waals surface area contributed by atoms with Gasteiger partial charge in [-0.3, -0.25) is 0 Å². The molecule has 0 spiro atoms. The standard InChI is InChI=1S/C10H20O5/c1-4-5-15-10(14,8(3)12)6-9(13)7(2)11/h4,7-9,11-14H,1,5-6H2,2-3H3. The molecular weight excluding hydrogens is 200 g/mol. The maximum atomic E-state index is 9.85. The average molecular weight is 220 g/mol. The van der Waals surface area contributed by atoms with E-state index in [2.05, 4.69) is 6.58 Å². The zero-order chi connectivity index (χ0) is 12.1. The summed E-state index contributed by atoms with van der Waals surface area (Å²) >= 11 is 0. The molecule has 4 atom stereocenters. The van der Waals surface area contributed by atoms with Crippen molar-refractivity contribution in [1.29, 1.82) is 0 Å². The van der Waals surface area contributed by atoms with Crippen molar-refractivity contribution in [3.8, 4) is 0 Å². The van der Waals surface area contributed by atoms with E-state index in [1.54, 1.807) is 0 Å². The molecule has 4 N–H and O–H groups in total. The van der Waals surface area contributed by atoms with Gasteiger partial charge in [-0.15, -0.1) is 6.58 Å². The number of aliphatic hydroxyl groups excluding tert-OH is 3. The summed E-state index contributed by atoms with van der Waals surface area (Å²) in [6.45, 7) is 6.19. The smallest absolute Gasteiger partial charge is 0.194 e. The number of hydrogen-bond donors (Lipinski definition) is 4. The van der Waals surface area contributed by atoms with E-state index in [4.69, 9.17) is 9.84 Å². The second-order valence-corrected chi connectivity index (χ2v) is 3.63. The highest BCUT2D eigenvalue weighted by Crippen LogP contribution is 2.21. The van der Waals surface area contributed by atoms with Crippen molar-refractivity contribution < 1.29 is 25.2 Å². The zero-order valence-electron chi connectivity index (χ0n) is 9.13. The molecule has 0 amide bonds. The minimum Gasteiger partial charge on any atom is -0.391 e. The Morgan fingerprint density at radius 3 is 2.20 bits per heavy atom. The van der Waals surface area contributed by atoms with Gasteiger partial charge in [0.25, 0.3) is 0 Å². The van der Waals surface area contributed by atoms with E-state index in [-0.39, 0.29) is 13.0 Å².